The molecule has 0 saturated carbocycles. The van der Waals surface area contributed by atoms with Crippen molar-refractivity contribution in [1.29, 1.82) is 0 Å². The molecule has 0 radical (unpaired) electrons. The monoisotopic (exact) mass is 532 g/mol. The Hall–Kier alpha value is -4.38. The van der Waals surface area contributed by atoms with Gasteiger partial charge in [0.25, 0.3) is 5.91 Å². The van der Waals surface area contributed by atoms with Gasteiger partial charge in [0.2, 0.25) is 11.9 Å². The molecule has 2 aliphatic rings. The van der Waals surface area contributed by atoms with Gasteiger partial charge in [0, 0.05) is 42.0 Å². The van der Waals surface area contributed by atoms with Crippen molar-refractivity contribution in [3.63, 3.8) is 0 Å². The van der Waals surface area contributed by atoms with Crippen LogP contribution in [-0.2, 0) is 16.3 Å². The number of nitrogens with one attached hydrogen (secondary N) is 3. The summed E-state index contributed by atoms with van der Waals surface area (Å²) < 4.78 is 39.9. The van der Waals surface area contributed by atoms with Crippen LogP contribution in [0.1, 0.15) is 27.9 Å². The number of anilines is 4. The Morgan fingerprint density at radius 2 is 1.82 bits per heavy atom. The lowest BCUT2D eigenvalue weighted by Gasteiger charge is -2.14. The molecule has 9 nitrogen and oxygen atoms in total. The minimum atomic E-state index is -3.75. The highest BCUT2D eigenvalue weighted by atomic mass is 32.2. The third-order valence-electron chi connectivity index (χ3n) is 6.13. The van der Waals surface area contributed by atoms with E-state index in [1.807, 2.05) is 31.2 Å². The average Bonchev–Trinajstić information content (AvgIpc) is 2.88. The zero-order chi connectivity index (χ0) is 26.9. The first kappa shape index (κ1) is 25.3. The molecule has 194 valence electrons. The number of nitrogens with zero attached hydrogens (tertiary/aromatic N) is 3. The predicted molar refractivity (Wildman–Crippen MR) is 143 cm³/mol. The molecule has 1 amide bonds. The summed E-state index contributed by atoms with van der Waals surface area (Å²) in [4.78, 5) is 25.4. The number of halogens is 1. The standard InChI is InChI=1S/C27H25FN6O3S/c1-16-14-31-27-33-22-12-19(15-30-24(22)28)18-8-9-21(23(13-18)38(2,36)37)26(35)29-10-4-6-17-5-3-7-20(11-17)32-25(16)34-27/h3,5,7-9,11-15H,4,6,10H2,1-2H3,(H,29,35)(H2,31,32,33,34). The van der Waals surface area contributed by atoms with Gasteiger partial charge in [0.15, 0.2) is 9.84 Å². The highest BCUT2D eigenvalue weighted by Crippen LogP contribution is 2.29. The van der Waals surface area contributed by atoms with Crippen LogP contribution < -0.4 is 16.0 Å². The van der Waals surface area contributed by atoms with Crippen molar-refractivity contribution in [2.24, 2.45) is 0 Å². The van der Waals surface area contributed by atoms with E-state index in [4.69, 9.17) is 0 Å². The normalized spacial score (nSPS) is 13.7. The summed E-state index contributed by atoms with van der Waals surface area (Å²) in [5.74, 6) is -0.543. The number of amides is 1. The lowest BCUT2D eigenvalue weighted by Crippen LogP contribution is -2.26. The first-order valence-electron chi connectivity index (χ1n) is 11.9. The summed E-state index contributed by atoms with van der Waals surface area (Å²) in [6, 6.07) is 13.8. The average molecular weight is 533 g/mol. The van der Waals surface area contributed by atoms with E-state index in [2.05, 4.69) is 30.9 Å². The van der Waals surface area contributed by atoms with E-state index in [1.165, 1.54) is 24.4 Å². The van der Waals surface area contributed by atoms with Gasteiger partial charge >= 0.3 is 0 Å². The van der Waals surface area contributed by atoms with Crippen molar-refractivity contribution in [2.75, 3.05) is 23.4 Å². The summed E-state index contributed by atoms with van der Waals surface area (Å²) in [5, 5.41) is 8.98. The summed E-state index contributed by atoms with van der Waals surface area (Å²) in [6.45, 7) is 2.23. The third-order valence-corrected chi connectivity index (χ3v) is 7.27. The number of aromatic nitrogens is 3. The minimum absolute atomic E-state index is 0.0106. The Morgan fingerprint density at radius 1 is 0.974 bits per heavy atom. The van der Waals surface area contributed by atoms with Gasteiger partial charge in [-0.2, -0.15) is 9.37 Å². The van der Waals surface area contributed by atoms with Crippen LogP contribution in [0, 0.1) is 12.9 Å². The fraction of sp³-hybridized carbons (Fsp3) is 0.185. The van der Waals surface area contributed by atoms with Crippen LogP contribution >= 0.6 is 0 Å². The maximum absolute atomic E-state index is 14.7. The maximum atomic E-state index is 14.7. The molecule has 2 aromatic carbocycles. The highest BCUT2D eigenvalue weighted by molar-refractivity contribution is 7.90. The second-order valence-electron chi connectivity index (χ2n) is 9.08. The molecule has 38 heavy (non-hydrogen) atoms. The number of sulfone groups is 1. The fourth-order valence-electron chi connectivity index (χ4n) is 4.17. The lowest BCUT2D eigenvalue weighted by atomic mass is 10.0. The number of carbonyl (C=O) groups excluding carboxylic acids is 1. The molecule has 2 aliphatic heterocycles. The van der Waals surface area contributed by atoms with E-state index in [-0.39, 0.29) is 22.1 Å². The summed E-state index contributed by atoms with van der Waals surface area (Å²) in [7, 11) is -3.75. The number of fused-ring (bicyclic) bond motifs is 6. The smallest absolute Gasteiger partial charge is 0.252 e. The second-order valence-corrected chi connectivity index (χ2v) is 11.1. The minimum Gasteiger partial charge on any atom is -0.352 e. The highest BCUT2D eigenvalue weighted by Gasteiger charge is 2.20. The lowest BCUT2D eigenvalue weighted by molar-refractivity contribution is 0.0950. The largest absolute Gasteiger partial charge is 0.352 e. The van der Waals surface area contributed by atoms with Crippen LogP contribution in [0.4, 0.5) is 27.5 Å². The van der Waals surface area contributed by atoms with Crippen LogP contribution in [0.25, 0.3) is 11.1 Å². The van der Waals surface area contributed by atoms with E-state index < -0.39 is 21.7 Å². The zero-order valence-electron chi connectivity index (χ0n) is 20.7. The number of hydrogen-bond acceptors (Lipinski definition) is 8. The maximum Gasteiger partial charge on any atom is 0.252 e. The Bertz CT molecular complexity index is 1660. The molecule has 0 fully saturated rings. The van der Waals surface area contributed by atoms with Crippen molar-refractivity contribution >= 4 is 38.9 Å². The van der Waals surface area contributed by atoms with Crippen molar-refractivity contribution in [3.8, 4) is 11.1 Å². The molecule has 2 aromatic heterocycles. The Balaban J connectivity index is 1.62. The number of hydrogen-bond donors (Lipinski definition) is 3. The van der Waals surface area contributed by atoms with E-state index in [1.54, 1.807) is 12.3 Å². The number of benzene rings is 2. The van der Waals surface area contributed by atoms with Gasteiger partial charge in [-0.15, -0.1) is 0 Å². The molecule has 0 saturated heterocycles. The fourth-order valence-corrected chi connectivity index (χ4v) is 5.07. The van der Waals surface area contributed by atoms with Gasteiger partial charge in [-0.3, -0.25) is 4.79 Å². The van der Waals surface area contributed by atoms with Crippen molar-refractivity contribution < 1.29 is 17.6 Å². The summed E-state index contributed by atoms with van der Waals surface area (Å²) >= 11 is 0. The SMILES string of the molecule is Cc1cnc2nc1Nc1cccc(c1)CCCNC(=O)c1ccc(cc1S(C)(=O)=O)-c1cnc(F)c(c1)N2. The van der Waals surface area contributed by atoms with E-state index in [9.17, 15) is 17.6 Å². The number of pyridine rings is 1. The molecular formula is C27H25FN6O3S. The third kappa shape index (κ3) is 5.47. The van der Waals surface area contributed by atoms with Crippen LogP contribution in [0.15, 0.2) is 65.8 Å². The summed E-state index contributed by atoms with van der Waals surface area (Å²) in [5.41, 5.74) is 3.63. The van der Waals surface area contributed by atoms with Gasteiger partial charge in [0.05, 0.1) is 16.1 Å². The topological polar surface area (TPSA) is 126 Å². The Kier molecular flexibility index (Phi) is 6.77. The molecule has 0 unspecified atom stereocenters. The predicted octanol–water partition coefficient (Wildman–Crippen LogP) is 4.55. The first-order chi connectivity index (χ1) is 18.2. The van der Waals surface area contributed by atoms with Gasteiger partial charge in [-0.1, -0.05) is 18.2 Å². The molecule has 0 spiro atoms. The van der Waals surface area contributed by atoms with Gasteiger partial charge in [0.1, 0.15) is 5.82 Å². The second kappa shape index (κ2) is 10.2. The van der Waals surface area contributed by atoms with E-state index in [0.29, 0.717) is 36.3 Å². The quantitative estimate of drug-likeness (QED) is 0.305. The molecule has 8 bridgehead atoms. The van der Waals surface area contributed by atoms with Crippen molar-refractivity contribution in [2.45, 2.75) is 24.7 Å². The molecular weight excluding hydrogens is 507 g/mol. The van der Waals surface area contributed by atoms with Crippen molar-refractivity contribution in [1.82, 2.24) is 20.3 Å². The molecule has 4 aromatic rings. The van der Waals surface area contributed by atoms with Crippen LogP contribution in [-0.4, -0.2) is 42.1 Å². The molecule has 4 heterocycles. The number of rotatable bonds is 1. The molecule has 0 aliphatic carbocycles. The van der Waals surface area contributed by atoms with Gasteiger partial charge in [-0.25, -0.2) is 18.4 Å². The van der Waals surface area contributed by atoms with Gasteiger partial charge < -0.3 is 16.0 Å². The van der Waals surface area contributed by atoms with Gasteiger partial charge in [-0.05, 0) is 61.2 Å². The van der Waals surface area contributed by atoms with E-state index >= 15 is 0 Å². The van der Waals surface area contributed by atoms with Crippen molar-refractivity contribution in [3.05, 3.63) is 83.6 Å². The van der Waals surface area contributed by atoms with E-state index in [0.717, 1.165) is 23.1 Å². The molecule has 6 rings (SSSR count). The number of aryl methyl sites for hydroxylation is 2. The summed E-state index contributed by atoms with van der Waals surface area (Å²) in [6.07, 6.45) is 5.33. The Labute approximate surface area is 219 Å². The van der Waals surface area contributed by atoms with Crippen LogP contribution in [0.5, 0.6) is 0 Å². The molecule has 11 heteroatoms. The number of carbonyl (C=O) groups is 1. The van der Waals surface area contributed by atoms with Crippen LogP contribution in [0.3, 0.4) is 0 Å². The Morgan fingerprint density at radius 3 is 2.63 bits per heavy atom. The molecule has 3 N–H and O–H groups in total. The first-order valence-corrected chi connectivity index (χ1v) is 13.8. The zero-order valence-corrected chi connectivity index (χ0v) is 21.6. The molecule has 0 atom stereocenters. The van der Waals surface area contributed by atoms with Crippen LogP contribution in [0.2, 0.25) is 0 Å².